The Morgan fingerprint density at radius 2 is 1.79 bits per heavy atom. The molecule has 4 rings (SSSR count). The number of benzene rings is 2. The standard InChI is InChI=1S/C23H28N4O/c1-2-14-27-21-11-7-6-10-20(21)25-23(27)26-15-12-19(13-16-26)22(28)24-17-18-8-4-3-5-9-18/h3-11,19H,2,12-17H2,1H3,(H,24,28). The van der Waals surface area contributed by atoms with E-state index in [0.717, 1.165) is 55.9 Å². The van der Waals surface area contributed by atoms with Crippen molar-refractivity contribution in [2.45, 2.75) is 39.3 Å². The minimum Gasteiger partial charge on any atom is -0.352 e. The van der Waals surface area contributed by atoms with Gasteiger partial charge in [-0.2, -0.15) is 0 Å². The third kappa shape index (κ3) is 3.88. The molecule has 5 heteroatoms. The number of imidazole rings is 1. The number of fused-ring (bicyclic) bond motifs is 1. The summed E-state index contributed by atoms with van der Waals surface area (Å²) >= 11 is 0. The fourth-order valence-electron chi connectivity index (χ4n) is 4.02. The van der Waals surface area contributed by atoms with Crippen LogP contribution in [0.2, 0.25) is 0 Å². The Bertz CT molecular complexity index is 926. The molecule has 2 heterocycles. The number of nitrogens with zero attached hydrogens (tertiary/aromatic N) is 3. The van der Waals surface area contributed by atoms with Crippen molar-refractivity contribution < 1.29 is 4.79 Å². The highest BCUT2D eigenvalue weighted by Crippen LogP contribution is 2.27. The number of piperidine rings is 1. The van der Waals surface area contributed by atoms with Crippen molar-refractivity contribution in [1.29, 1.82) is 0 Å². The van der Waals surface area contributed by atoms with Crippen LogP contribution in [-0.4, -0.2) is 28.5 Å². The van der Waals surface area contributed by atoms with Gasteiger partial charge in [0.15, 0.2) is 0 Å². The molecule has 0 radical (unpaired) electrons. The maximum atomic E-state index is 12.6. The average Bonchev–Trinajstić information content (AvgIpc) is 3.12. The quantitative estimate of drug-likeness (QED) is 0.708. The summed E-state index contributed by atoms with van der Waals surface area (Å²) in [4.78, 5) is 19.8. The van der Waals surface area contributed by atoms with Gasteiger partial charge in [0.05, 0.1) is 11.0 Å². The van der Waals surface area contributed by atoms with Crippen molar-refractivity contribution >= 4 is 22.9 Å². The van der Waals surface area contributed by atoms with E-state index in [9.17, 15) is 4.79 Å². The highest BCUT2D eigenvalue weighted by molar-refractivity contribution is 5.80. The molecule has 1 aliphatic rings. The van der Waals surface area contributed by atoms with Crippen molar-refractivity contribution in [1.82, 2.24) is 14.9 Å². The molecule has 146 valence electrons. The summed E-state index contributed by atoms with van der Waals surface area (Å²) in [6.07, 6.45) is 2.82. The number of carbonyl (C=O) groups excluding carboxylic acids is 1. The zero-order valence-electron chi connectivity index (χ0n) is 16.5. The van der Waals surface area contributed by atoms with Gasteiger partial charge in [-0.05, 0) is 37.0 Å². The van der Waals surface area contributed by atoms with E-state index in [1.165, 1.54) is 5.52 Å². The molecule has 0 saturated carbocycles. The monoisotopic (exact) mass is 376 g/mol. The molecule has 0 unspecified atom stereocenters. The van der Waals surface area contributed by atoms with Crippen LogP contribution in [0.25, 0.3) is 11.0 Å². The van der Waals surface area contributed by atoms with Crippen LogP contribution in [0, 0.1) is 5.92 Å². The zero-order chi connectivity index (χ0) is 19.3. The van der Waals surface area contributed by atoms with Crippen LogP contribution in [0.5, 0.6) is 0 Å². The van der Waals surface area contributed by atoms with Gasteiger partial charge in [0.2, 0.25) is 11.9 Å². The third-order valence-corrected chi connectivity index (χ3v) is 5.54. The first-order chi connectivity index (χ1) is 13.8. The molecule has 0 bridgehead atoms. The second-order valence-electron chi connectivity index (χ2n) is 7.52. The largest absolute Gasteiger partial charge is 0.352 e. The Kier molecular flexibility index (Phi) is 5.60. The van der Waals surface area contributed by atoms with E-state index in [-0.39, 0.29) is 11.8 Å². The van der Waals surface area contributed by atoms with Gasteiger partial charge < -0.3 is 14.8 Å². The fourth-order valence-corrected chi connectivity index (χ4v) is 4.02. The minimum atomic E-state index is 0.0870. The van der Waals surface area contributed by atoms with Gasteiger partial charge in [-0.1, -0.05) is 49.4 Å². The molecule has 1 fully saturated rings. The summed E-state index contributed by atoms with van der Waals surface area (Å²) in [7, 11) is 0. The molecule has 1 amide bonds. The van der Waals surface area contributed by atoms with Crippen LogP contribution in [0.4, 0.5) is 5.95 Å². The number of amides is 1. The normalized spacial score (nSPS) is 15.1. The van der Waals surface area contributed by atoms with E-state index in [2.05, 4.69) is 39.9 Å². The molecule has 2 aromatic carbocycles. The Labute approximate surface area is 166 Å². The first kappa shape index (κ1) is 18.5. The number of aromatic nitrogens is 2. The van der Waals surface area contributed by atoms with Gasteiger partial charge in [0, 0.05) is 32.1 Å². The van der Waals surface area contributed by atoms with Crippen molar-refractivity contribution in [2.24, 2.45) is 5.92 Å². The lowest BCUT2D eigenvalue weighted by molar-refractivity contribution is -0.125. The van der Waals surface area contributed by atoms with E-state index < -0.39 is 0 Å². The van der Waals surface area contributed by atoms with Gasteiger partial charge in [-0.25, -0.2) is 4.98 Å². The Morgan fingerprint density at radius 1 is 1.07 bits per heavy atom. The molecule has 1 aliphatic heterocycles. The topological polar surface area (TPSA) is 50.2 Å². The van der Waals surface area contributed by atoms with Gasteiger partial charge in [0.25, 0.3) is 0 Å². The van der Waals surface area contributed by atoms with Gasteiger partial charge in [0.1, 0.15) is 0 Å². The SMILES string of the molecule is CCCn1c(N2CCC(C(=O)NCc3ccccc3)CC2)nc2ccccc21. The van der Waals surface area contributed by atoms with Gasteiger partial charge in [-0.3, -0.25) is 4.79 Å². The predicted molar refractivity (Wildman–Crippen MR) is 113 cm³/mol. The molecular formula is C23H28N4O. The number of rotatable bonds is 6. The highest BCUT2D eigenvalue weighted by atomic mass is 16.1. The predicted octanol–water partition coefficient (Wildman–Crippen LogP) is 3.98. The van der Waals surface area contributed by atoms with Crippen LogP contribution in [0.15, 0.2) is 54.6 Å². The van der Waals surface area contributed by atoms with Crippen LogP contribution in [-0.2, 0) is 17.9 Å². The van der Waals surface area contributed by atoms with Crippen LogP contribution < -0.4 is 10.2 Å². The molecule has 1 aromatic heterocycles. The summed E-state index contributed by atoms with van der Waals surface area (Å²) in [5, 5.41) is 3.10. The lowest BCUT2D eigenvalue weighted by Crippen LogP contribution is -2.41. The molecule has 5 nitrogen and oxygen atoms in total. The van der Waals surface area contributed by atoms with Crippen LogP contribution in [0.3, 0.4) is 0 Å². The number of hydrogen-bond acceptors (Lipinski definition) is 3. The lowest BCUT2D eigenvalue weighted by atomic mass is 9.96. The first-order valence-corrected chi connectivity index (χ1v) is 10.3. The van der Waals surface area contributed by atoms with E-state index in [1.807, 2.05) is 36.4 Å². The van der Waals surface area contributed by atoms with Crippen molar-refractivity contribution in [3.63, 3.8) is 0 Å². The van der Waals surface area contributed by atoms with Gasteiger partial charge >= 0.3 is 0 Å². The molecular weight excluding hydrogens is 348 g/mol. The number of carbonyl (C=O) groups is 1. The fraction of sp³-hybridized carbons (Fsp3) is 0.391. The number of para-hydroxylation sites is 2. The maximum Gasteiger partial charge on any atom is 0.223 e. The smallest absolute Gasteiger partial charge is 0.223 e. The number of aryl methyl sites for hydroxylation is 1. The van der Waals surface area contributed by atoms with Crippen LogP contribution in [0.1, 0.15) is 31.7 Å². The lowest BCUT2D eigenvalue weighted by Gasteiger charge is -2.32. The Morgan fingerprint density at radius 3 is 2.54 bits per heavy atom. The summed E-state index contributed by atoms with van der Waals surface area (Å²) in [5.74, 6) is 1.31. The highest BCUT2D eigenvalue weighted by Gasteiger charge is 2.27. The molecule has 0 spiro atoms. The maximum absolute atomic E-state index is 12.6. The van der Waals surface area contributed by atoms with E-state index in [1.54, 1.807) is 0 Å². The van der Waals surface area contributed by atoms with Crippen molar-refractivity contribution in [2.75, 3.05) is 18.0 Å². The summed E-state index contributed by atoms with van der Waals surface area (Å²) in [6.45, 7) is 5.51. The summed E-state index contributed by atoms with van der Waals surface area (Å²) in [6, 6.07) is 18.4. The van der Waals surface area contributed by atoms with Crippen LogP contribution >= 0.6 is 0 Å². The number of hydrogen-bond donors (Lipinski definition) is 1. The minimum absolute atomic E-state index is 0.0870. The van der Waals surface area contributed by atoms with Crippen molar-refractivity contribution in [3.8, 4) is 0 Å². The molecule has 28 heavy (non-hydrogen) atoms. The van der Waals surface area contributed by atoms with Crippen molar-refractivity contribution in [3.05, 3.63) is 60.2 Å². The summed E-state index contributed by atoms with van der Waals surface area (Å²) < 4.78 is 2.32. The number of nitrogens with one attached hydrogen (secondary N) is 1. The van der Waals surface area contributed by atoms with E-state index >= 15 is 0 Å². The van der Waals surface area contributed by atoms with Gasteiger partial charge in [-0.15, -0.1) is 0 Å². The zero-order valence-corrected chi connectivity index (χ0v) is 16.5. The Hall–Kier alpha value is -2.82. The first-order valence-electron chi connectivity index (χ1n) is 10.3. The average molecular weight is 377 g/mol. The van der Waals surface area contributed by atoms with E-state index in [4.69, 9.17) is 4.98 Å². The third-order valence-electron chi connectivity index (χ3n) is 5.54. The number of anilines is 1. The molecule has 0 aliphatic carbocycles. The Balaban J connectivity index is 1.39. The molecule has 1 saturated heterocycles. The molecule has 0 atom stereocenters. The second-order valence-corrected chi connectivity index (χ2v) is 7.52. The van der Waals surface area contributed by atoms with E-state index in [0.29, 0.717) is 6.54 Å². The molecule has 1 N–H and O–H groups in total. The summed E-state index contributed by atoms with van der Waals surface area (Å²) in [5.41, 5.74) is 3.39. The second kappa shape index (κ2) is 8.46. The molecule has 3 aromatic rings.